The van der Waals surface area contributed by atoms with Gasteiger partial charge in [0.1, 0.15) is 23.9 Å². The van der Waals surface area contributed by atoms with Crippen LogP contribution in [0.3, 0.4) is 0 Å². The highest BCUT2D eigenvalue weighted by Crippen LogP contribution is 2.55. The van der Waals surface area contributed by atoms with Gasteiger partial charge >= 0.3 is 5.97 Å². The van der Waals surface area contributed by atoms with E-state index in [1.807, 2.05) is 63.2 Å². The normalized spacial score (nSPS) is 15.8. The molecule has 5 nitrogen and oxygen atoms in total. The number of aliphatic carboxylic acids is 1. The lowest BCUT2D eigenvalue weighted by molar-refractivity contribution is -0.137. The summed E-state index contributed by atoms with van der Waals surface area (Å²) in [5, 5.41) is 20.8. The molecule has 0 aromatic heterocycles. The first-order chi connectivity index (χ1) is 18.9. The fraction of sp³-hybridized carbons (Fsp3) is 0.441. The van der Waals surface area contributed by atoms with Crippen molar-refractivity contribution in [2.75, 3.05) is 7.11 Å². The molecular weight excluding hydrogens is 507 g/mol. The molecule has 0 amide bonds. The third-order valence-electron chi connectivity index (χ3n) is 8.24. The number of carboxylic acids is 1. The average Bonchev–Trinajstić information content (AvgIpc) is 3.70. The Kier molecular flexibility index (Phi) is 8.89. The van der Waals surface area contributed by atoms with Gasteiger partial charge in [-0.15, -0.1) is 0 Å². The van der Waals surface area contributed by atoms with E-state index in [4.69, 9.17) is 9.47 Å². The molecule has 0 aliphatic heterocycles. The first kappa shape index (κ1) is 29.6. The third kappa shape index (κ3) is 7.03. The smallest absolute Gasteiger partial charge is 0.303 e. The zero-order valence-electron chi connectivity index (χ0n) is 24.2. The number of hydrogen-bond acceptors (Lipinski definition) is 4. The molecule has 40 heavy (non-hydrogen) atoms. The van der Waals surface area contributed by atoms with E-state index < -0.39 is 23.3 Å². The van der Waals surface area contributed by atoms with E-state index in [0.717, 1.165) is 36.8 Å². The van der Waals surface area contributed by atoms with Gasteiger partial charge in [0.05, 0.1) is 19.6 Å². The lowest BCUT2D eigenvalue weighted by Crippen LogP contribution is -2.19. The van der Waals surface area contributed by atoms with Gasteiger partial charge in [0.25, 0.3) is 0 Å². The summed E-state index contributed by atoms with van der Waals surface area (Å²) in [7, 11) is 1.54. The number of aliphatic hydroxyl groups excluding tert-OH is 1. The standard InChI is InChI=1S/C34H41FO5/c1-6-34(14-15-34)20-24(18-31(36)37)23-8-7-9-26(17-23)40-21-22-10-12-27(29(16-22)32(38)33(2,3)4)28-19-25(39-5)11-13-30(28)35/h7-13,16-17,19,24,32,38H,6,14-15,18,20-21H2,1-5H3,(H,36,37)/t24-,32?/m1/s1. The van der Waals surface area contributed by atoms with Gasteiger partial charge in [0.15, 0.2) is 0 Å². The van der Waals surface area contributed by atoms with Crippen LogP contribution in [-0.4, -0.2) is 23.3 Å². The van der Waals surface area contributed by atoms with Crippen molar-refractivity contribution < 1.29 is 28.9 Å². The minimum Gasteiger partial charge on any atom is -0.497 e. The number of aliphatic hydroxyl groups is 1. The Hall–Kier alpha value is -3.38. The van der Waals surface area contributed by atoms with Gasteiger partial charge < -0.3 is 19.7 Å². The average molecular weight is 549 g/mol. The Morgan fingerprint density at radius 1 is 1.02 bits per heavy atom. The molecule has 0 spiro atoms. The Morgan fingerprint density at radius 2 is 1.77 bits per heavy atom. The zero-order chi connectivity index (χ0) is 29.1. The maximum absolute atomic E-state index is 14.9. The Labute approximate surface area is 237 Å². The summed E-state index contributed by atoms with van der Waals surface area (Å²) >= 11 is 0. The summed E-state index contributed by atoms with van der Waals surface area (Å²) in [6.45, 7) is 8.25. The summed E-state index contributed by atoms with van der Waals surface area (Å²) in [5.74, 6) is -0.0477. The maximum atomic E-state index is 14.9. The van der Waals surface area contributed by atoms with Gasteiger partial charge in [-0.2, -0.15) is 0 Å². The fourth-order valence-electron chi connectivity index (χ4n) is 5.42. The summed E-state index contributed by atoms with van der Waals surface area (Å²) in [5.41, 5.74) is 3.19. The molecule has 4 rings (SSSR count). The van der Waals surface area contributed by atoms with Crippen molar-refractivity contribution >= 4 is 5.97 Å². The second-order valence-corrected chi connectivity index (χ2v) is 12.2. The molecule has 1 unspecified atom stereocenters. The van der Waals surface area contributed by atoms with E-state index in [2.05, 4.69) is 6.92 Å². The van der Waals surface area contributed by atoms with E-state index in [9.17, 15) is 19.4 Å². The number of hydrogen-bond donors (Lipinski definition) is 2. The van der Waals surface area contributed by atoms with Crippen LogP contribution in [0.2, 0.25) is 0 Å². The number of methoxy groups -OCH3 is 1. The molecule has 1 aliphatic rings. The molecule has 3 aromatic rings. The minimum absolute atomic E-state index is 0.0610. The summed E-state index contributed by atoms with van der Waals surface area (Å²) < 4.78 is 26.4. The van der Waals surface area contributed by atoms with E-state index in [1.165, 1.54) is 13.2 Å². The minimum atomic E-state index is -0.846. The molecule has 0 bridgehead atoms. The van der Waals surface area contributed by atoms with E-state index in [1.54, 1.807) is 12.1 Å². The van der Waals surface area contributed by atoms with Crippen LogP contribution in [-0.2, 0) is 11.4 Å². The molecule has 6 heteroatoms. The monoisotopic (exact) mass is 548 g/mol. The van der Waals surface area contributed by atoms with Crippen LogP contribution in [0.5, 0.6) is 11.5 Å². The highest BCUT2D eigenvalue weighted by Gasteiger charge is 2.42. The highest BCUT2D eigenvalue weighted by molar-refractivity contribution is 5.70. The first-order valence-electron chi connectivity index (χ1n) is 14.0. The topological polar surface area (TPSA) is 76.0 Å². The van der Waals surface area contributed by atoms with Crippen molar-refractivity contribution in [3.63, 3.8) is 0 Å². The van der Waals surface area contributed by atoms with Crippen LogP contribution >= 0.6 is 0 Å². The second kappa shape index (κ2) is 12.0. The molecule has 1 fully saturated rings. The van der Waals surface area contributed by atoms with Crippen molar-refractivity contribution in [2.24, 2.45) is 10.8 Å². The van der Waals surface area contributed by atoms with Crippen LogP contribution < -0.4 is 9.47 Å². The van der Waals surface area contributed by atoms with Crippen LogP contribution in [0.25, 0.3) is 11.1 Å². The number of rotatable bonds is 12. The van der Waals surface area contributed by atoms with E-state index in [-0.39, 0.29) is 24.4 Å². The van der Waals surface area contributed by atoms with Crippen LogP contribution in [0.4, 0.5) is 4.39 Å². The molecular formula is C34H41FO5. The van der Waals surface area contributed by atoms with Gasteiger partial charge in [-0.25, -0.2) is 4.39 Å². The van der Waals surface area contributed by atoms with Gasteiger partial charge in [-0.1, -0.05) is 58.4 Å². The van der Waals surface area contributed by atoms with Crippen LogP contribution in [0, 0.1) is 16.6 Å². The van der Waals surface area contributed by atoms with Crippen molar-refractivity contribution in [3.05, 3.63) is 83.2 Å². The van der Waals surface area contributed by atoms with E-state index >= 15 is 0 Å². The Morgan fingerprint density at radius 3 is 2.40 bits per heavy atom. The molecule has 2 N–H and O–H groups in total. The quantitative estimate of drug-likeness (QED) is 0.238. The van der Waals surface area contributed by atoms with Crippen molar-refractivity contribution in [1.29, 1.82) is 0 Å². The molecule has 0 saturated heterocycles. The molecule has 2 atom stereocenters. The van der Waals surface area contributed by atoms with Gasteiger partial charge in [0, 0.05) is 5.56 Å². The number of benzene rings is 3. The number of carboxylic acid groups (broad SMARTS) is 1. The SMILES string of the molecule is CCC1(C[C@@H](CC(=O)O)c2cccc(OCc3ccc(-c4cc(OC)ccc4F)c(C(O)C(C)(C)C)c3)c2)CC1. The van der Waals surface area contributed by atoms with Crippen LogP contribution in [0.1, 0.15) is 88.5 Å². The van der Waals surface area contributed by atoms with Gasteiger partial charge in [-0.05, 0) is 94.7 Å². The largest absolute Gasteiger partial charge is 0.497 e. The number of halogens is 1. The van der Waals surface area contributed by atoms with Crippen molar-refractivity contribution in [3.8, 4) is 22.6 Å². The second-order valence-electron chi connectivity index (χ2n) is 12.2. The molecule has 0 radical (unpaired) electrons. The predicted octanol–water partition coefficient (Wildman–Crippen LogP) is 8.30. The highest BCUT2D eigenvalue weighted by atomic mass is 19.1. The lowest BCUT2D eigenvalue weighted by Gasteiger charge is -2.28. The Balaban J connectivity index is 1.60. The number of ether oxygens (including phenoxy) is 2. The summed E-state index contributed by atoms with van der Waals surface area (Å²) in [6.07, 6.45) is 3.51. The maximum Gasteiger partial charge on any atom is 0.303 e. The van der Waals surface area contributed by atoms with Crippen molar-refractivity contribution in [1.82, 2.24) is 0 Å². The molecule has 214 valence electrons. The molecule has 3 aromatic carbocycles. The zero-order valence-corrected chi connectivity index (χ0v) is 24.2. The molecule has 1 saturated carbocycles. The van der Waals surface area contributed by atoms with Crippen LogP contribution in [0.15, 0.2) is 60.7 Å². The Bertz CT molecular complexity index is 1340. The number of carbonyl (C=O) groups is 1. The predicted molar refractivity (Wildman–Crippen MR) is 155 cm³/mol. The lowest BCUT2D eigenvalue weighted by atomic mass is 9.81. The summed E-state index contributed by atoms with van der Waals surface area (Å²) in [6, 6.07) is 17.9. The summed E-state index contributed by atoms with van der Waals surface area (Å²) in [4.78, 5) is 11.6. The fourth-order valence-corrected chi connectivity index (χ4v) is 5.42. The molecule has 1 aliphatic carbocycles. The first-order valence-corrected chi connectivity index (χ1v) is 14.0. The third-order valence-corrected chi connectivity index (χ3v) is 8.24. The van der Waals surface area contributed by atoms with Gasteiger partial charge in [-0.3, -0.25) is 4.79 Å². The van der Waals surface area contributed by atoms with E-state index in [0.29, 0.717) is 28.2 Å². The van der Waals surface area contributed by atoms with Crippen molar-refractivity contribution in [2.45, 2.75) is 78.4 Å². The molecule has 0 heterocycles. The van der Waals surface area contributed by atoms with Gasteiger partial charge in [0.2, 0.25) is 0 Å².